The van der Waals surface area contributed by atoms with E-state index in [1.165, 1.54) is 29.0 Å². The lowest BCUT2D eigenvalue weighted by Crippen LogP contribution is -2.71. The molecule has 3 aromatic rings. The molecule has 1 aromatic heterocycles. The molecule has 0 unspecified atom stereocenters. The van der Waals surface area contributed by atoms with Gasteiger partial charge >= 0.3 is 19.6 Å². The number of nitrogens with two attached hydrogens (primary N) is 1. The number of nitrogens with zero attached hydrogens (tertiary/aromatic N) is 3. The number of nitrogen functional groups attached to an aromatic ring is 1. The monoisotopic (exact) mass is 727 g/mol. The summed E-state index contributed by atoms with van der Waals surface area (Å²) in [5.74, 6) is -2.58. The first-order chi connectivity index (χ1) is 23.2. The highest BCUT2D eigenvalue weighted by atomic mass is 32.2. The number of rotatable bonds is 12. The van der Waals surface area contributed by atoms with Gasteiger partial charge in [-0.15, -0.1) is 23.1 Å². The van der Waals surface area contributed by atoms with E-state index in [1.807, 2.05) is 0 Å². The molecule has 49 heavy (non-hydrogen) atoms. The molecule has 258 valence electrons. The maximum absolute atomic E-state index is 14.1. The molecule has 0 aliphatic carbocycles. The lowest BCUT2D eigenvalue weighted by Gasteiger charge is -2.49. The summed E-state index contributed by atoms with van der Waals surface area (Å²) in [5, 5.41) is 13.2. The number of β-lactam (4-membered cyclic amide) rings is 1. The lowest BCUT2D eigenvalue weighted by molar-refractivity contribution is -0.159. The van der Waals surface area contributed by atoms with Crippen molar-refractivity contribution in [1.82, 2.24) is 15.2 Å². The molecule has 5 N–H and O–H groups in total. The van der Waals surface area contributed by atoms with E-state index >= 15 is 0 Å². The third kappa shape index (κ3) is 8.79. The van der Waals surface area contributed by atoms with Gasteiger partial charge < -0.3 is 25.1 Å². The van der Waals surface area contributed by atoms with Gasteiger partial charge in [0.1, 0.15) is 35.0 Å². The minimum atomic E-state index is -4.09. The van der Waals surface area contributed by atoms with Gasteiger partial charge in [-0.25, -0.2) is 14.3 Å². The summed E-state index contributed by atoms with van der Waals surface area (Å²) in [6.07, 6.45) is 0. The molecule has 2 aliphatic heterocycles. The van der Waals surface area contributed by atoms with Gasteiger partial charge in [-0.05, 0) is 45.0 Å². The first-order valence-corrected chi connectivity index (χ1v) is 18.4. The number of hydrogen-bond donors (Lipinski definition) is 4. The fourth-order valence-corrected chi connectivity index (χ4v) is 7.83. The van der Waals surface area contributed by atoms with E-state index in [4.69, 9.17) is 19.8 Å². The number of fused-ring (bicyclic) bond motifs is 1. The molecule has 15 nitrogen and oxygen atoms in total. The number of carbonyl (C=O) groups is 4. The third-order valence-corrected chi connectivity index (χ3v) is 10.1. The highest BCUT2D eigenvalue weighted by molar-refractivity contribution is 8.00. The number of hydrogen-bond acceptors (Lipinski definition) is 13. The van der Waals surface area contributed by atoms with Gasteiger partial charge in [0.15, 0.2) is 10.8 Å². The van der Waals surface area contributed by atoms with Gasteiger partial charge in [0.2, 0.25) is 0 Å². The molecule has 1 saturated heterocycles. The molecule has 0 spiro atoms. The van der Waals surface area contributed by atoms with Gasteiger partial charge in [0, 0.05) is 35.0 Å². The zero-order valence-corrected chi connectivity index (χ0v) is 29.4. The number of nitrogens with one attached hydrogen (secondary N) is 3. The summed E-state index contributed by atoms with van der Waals surface area (Å²) >= 11 is 2.30. The smallest absolute Gasteiger partial charge is 0.461 e. The number of thiazole rings is 1. The van der Waals surface area contributed by atoms with Crippen molar-refractivity contribution in [2.24, 2.45) is 5.16 Å². The molecule has 2 aliphatic rings. The van der Waals surface area contributed by atoms with Gasteiger partial charge in [-0.1, -0.05) is 41.6 Å². The zero-order chi connectivity index (χ0) is 35.3. The lowest BCUT2D eigenvalue weighted by atomic mass is 10.0. The van der Waals surface area contributed by atoms with E-state index < -0.39 is 54.2 Å². The summed E-state index contributed by atoms with van der Waals surface area (Å²) in [4.78, 5) is 57.5. The van der Waals surface area contributed by atoms with Gasteiger partial charge in [-0.2, -0.15) is 0 Å². The van der Waals surface area contributed by atoms with E-state index in [1.54, 1.807) is 81.4 Å². The first kappa shape index (κ1) is 35.4. The first-order valence-electron chi connectivity index (χ1n) is 14.8. The quantitative estimate of drug-likeness (QED) is 0.0675. The van der Waals surface area contributed by atoms with E-state index in [9.17, 15) is 23.7 Å². The molecule has 0 saturated carbocycles. The van der Waals surface area contributed by atoms with Crippen LogP contribution in [0.2, 0.25) is 0 Å². The average Bonchev–Trinajstić information content (AvgIpc) is 3.47. The van der Waals surface area contributed by atoms with Crippen LogP contribution in [0.1, 0.15) is 33.4 Å². The fraction of sp³-hybridized carbons (Fsp3) is 0.290. The second-order valence-corrected chi connectivity index (χ2v) is 15.4. The highest BCUT2D eigenvalue weighted by Gasteiger charge is 2.55. The third-order valence-electron chi connectivity index (χ3n) is 6.70. The second-order valence-electron chi connectivity index (χ2n) is 11.7. The van der Waals surface area contributed by atoms with Crippen molar-refractivity contribution in [1.29, 1.82) is 0 Å². The predicted octanol–water partition coefficient (Wildman–Crippen LogP) is 4.34. The van der Waals surface area contributed by atoms with Gasteiger partial charge in [-0.3, -0.25) is 29.5 Å². The Morgan fingerprint density at radius 1 is 1.06 bits per heavy atom. The number of thioether (sulfide) groups is 1. The number of para-hydroxylation sites is 2. The van der Waals surface area contributed by atoms with Crippen LogP contribution < -0.4 is 21.2 Å². The van der Waals surface area contributed by atoms with Crippen LogP contribution in [0.25, 0.3) is 0 Å². The maximum Gasteiger partial charge on any atom is 0.464 e. The van der Waals surface area contributed by atoms with E-state index in [2.05, 4.69) is 25.6 Å². The van der Waals surface area contributed by atoms with Crippen LogP contribution in [0.5, 0.6) is 0 Å². The Hall–Kier alpha value is -4.86. The molecule has 18 heteroatoms. The number of benzene rings is 2. The summed E-state index contributed by atoms with van der Waals surface area (Å²) in [6.45, 7) is 6.08. The molecule has 0 bridgehead atoms. The number of aromatic nitrogens is 1. The van der Waals surface area contributed by atoms with Crippen molar-refractivity contribution in [2.75, 3.05) is 28.3 Å². The second kappa shape index (κ2) is 14.7. The molecule has 2 aromatic carbocycles. The highest BCUT2D eigenvalue weighted by Crippen LogP contribution is 2.47. The molecule has 0 radical (unpaired) electrons. The number of carbonyl (C=O) groups excluding carboxylic acids is 4. The molecular weight excluding hydrogens is 693 g/mol. The van der Waals surface area contributed by atoms with Crippen molar-refractivity contribution >= 4 is 76.7 Å². The molecule has 2 amide bonds. The van der Waals surface area contributed by atoms with Gasteiger partial charge in [0.25, 0.3) is 11.8 Å². The fourth-order valence-electron chi connectivity index (χ4n) is 4.64. The number of ether oxygens (including phenoxy) is 2. The van der Waals surface area contributed by atoms with Crippen LogP contribution in [0.3, 0.4) is 0 Å². The molecule has 1 fully saturated rings. The minimum Gasteiger partial charge on any atom is -0.461 e. The predicted molar refractivity (Wildman–Crippen MR) is 186 cm³/mol. The molecule has 5 rings (SSSR count). The van der Waals surface area contributed by atoms with Crippen molar-refractivity contribution in [3.05, 3.63) is 83.0 Å². The molecule has 2 atom stereocenters. The van der Waals surface area contributed by atoms with Crippen molar-refractivity contribution in [3.63, 3.8) is 0 Å². The SMILES string of the molecule is CC(=O)OCC1=C(C(=O)OC(C)(C)C)N2C(=O)[C@H](NC(=O)C(=NOP(=O)(Nc3ccccc3)Nc3ccccc3)c3csc(N)n3)[C@H]2SC1. The zero-order valence-electron chi connectivity index (χ0n) is 26.9. The number of amides is 2. The van der Waals surface area contributed by atoms with Gasteiger partial charge in [0.05, 0.1) is 0 Å². The Morgan fingerprint density at radius 3 is 2.20 bits per heavy atom. The Bertz CT molecular complexity index is 1800. The van der Waals surface area contributed by atoms with Crippen molar-refractivity contribution in [2.45, 2.75) is 44.7 Å². The van der Waals surface area contributed by atoms with E-state index in [0.717, 1.165) is 11.3 Å². The average molecular weight is 728 g/mol. The summed E-state index contributed by atoms with van der Waals surface area (Å²) in [7, 11) is -4.09. The standard InChI is InChI=1S/C31H34N7O8PS2/c1-18(39)44-15-19-16-48-28-24(27(41)38(28)25(19)29(42)45-31(2,3)4)34-26(40)23(22-17-49-30(32)33-22)35-46-47(43,36-20-11-7-5-8-12-20)37-21-13-9-6-10-14-21/h5-14,17,24,28H,15-16H2,1-4H3,(H2,32,33)(H,34,40)(H2,36,37,43)/t24-,28+/m0/s1. The van der Waals surface area contributed by atoms with E-state index in [0.29, 0.717) is 16.9 Å². The van der Waals surface area contributed by atoms with Crippen LogP contribution in [-0.2, 0) is 37.8 Å². The number of anilines is 3. The van der Waals surface area contributed by atoms with Crippen molar-refractivity contribution < 1.29 is 37.8 Å². The van der Waals surface area contributed by atoms with Crippen LogP contribution in [0.4, 0.5) is 16.5 Å². The summed E-state index contributed by atoms with van der Waals surface area (Å²) in [6, 6.07) is 16.1. The Morgan fingerprint density at radius 2 is 1.67 bits per heavy atom. The van der Waals surface area contributed by atoms with Crippen LogP contribution in [0.15, 0.2) is 82.5 Å². The van der Waals surface area contributed by atoms with Crippen LogP contribution >= 0.6 is 30.8 Å². The Kier molecular flexibility index (Phi) is 10.6. The van der Waals surface area contributed by atoms with Crippen molar-refractivity contribution in [3.8, 4) is 0 Å². The molecule has 3 heterocycles. The van der Waals surface area contributed by atoms with E-state index in [-0.39, 0.29) is 28.9 Å². The number of esters is 2. The molecular formula is C31H34N7O8PS2. The Labute approximate surface area is 290 Å². The van der Waals surface area contributed by atoms with Crippen LogP contribution in [-0.4, -0.2) is 68.7 Å². The maximum atomic E-state index is 14.1. The number of oxime groups is 1. The van der Waals surface area contributed by atoms with Crippen LogP contribution in [0, 0.1) is 0 Å². The Balaban J connectivity index is 1.41. The topological polar surface area (TPSA) is 204 Å². The summed E-state index contributed by atoms with van der Waals surface area (Å²) in [5.41, 5.74) is 5.85. The minimum absolute atomic E-state index is 0.0175. The largest absolute Gasteiger partial charge is 0.464 e. The summed E-state index contributed by atoms with van der Waals surface area (Å²) < 4.78 is 30.4. The normalized spacial score (nSPS) is 17.8.